The molecular formula is C19H22N2O3. The molecule has 3 rings (SSSR count). The van der Waals surface area contributed by atoms with E-state index in [1.165, 1.54) is 0 Å². The molecule has 2 aromatic rings. The van der Waals surface area contributed by atoms with Crippen LogP contribution in [0.2, 0.25) is 0 Å². The monoisotopic (exact) mass is 326 g/mol. The van der Waals surface area contributed by atoms with Crippen LogP contribution < -0.4 is 0 Å². The van der Waals surface area contributed by atoms with Gasteiger partial charge in [0.05, 0.1) is 12.1 Å². The summed E-state index contributed by atoms with van der Waals surface area (Å²) in [6.07, 6.45) is 0.441. The van der Waals surface area contributed by atoms with Gasteiger partial charge in [0.25, 0.3) is 0 Å². The molecule has 5 nitrogen and oxygen atoms in total. The second kappa shape index (κ2) is 6.99. The van der Waals surface area contributed by atoms with Crippen LogP contribution >= 0.6 is 0 Å². The van der Waals surface area contributed by atoms with Crippen molar-refractivity contribution in [3.63, 3.8) is 0 Å². The molecule has 2 heterocycles. The number of aromatic nitrogens is 1. The topological polar surface area (TPSA) is 60.8 Å². The number of carbonyl (C=O) groups excluding carboxylic acids is 1. The van der Waals surface area contributed by atoms with Crippen LogP contribution in [0.15, 0.2) is 41.4 Å². The molecule has 0 N–H and O–H groups in total. The second-order valence-corrected chi connectivity index (χ2v) is 6.31. The lowest BCUT2D eigenvalue weighted by atomic mass is 10.0. The number of hydrogen-bond acceptors (Lipinski definition) is 5. The van der Waals surface area contributed by atoms with E-state index in [-0.39, 0.29) is 12.1 Å². The quantitative estimate of drug-likeness (QED) is 0.791. The Morgan fingerprint density at radius 3 is 2.79 bits per heavy atom. The van der Waals surface area contributed by atoms with E-state index < -0.39 is 6.04 Å². The Morgan fingerprint density at radius 1 is 1.25 bits per heavy atom. The van der Waals surface area contributed by atoms with Crippen molar-refractivity contribution in [3.8, 4) is 0 Å². The molecule has 0 aliphatic carbocycles. The van der Waals surface area contributed by atoms with Crippen molar-refractivity contribution >= 4 is 22.8 Å². The molecule has 0 saturated heterocycles. The molecule has 0 spiro atoms. The third-order valence-electron chi connectivity index (χ3n) is 3.92. The zero-order valence-electron chi connectivity index (χ0n) is 14.2. The van der Waals surface area contributed by atoms with Crippen molar-refractivity contribution in [2.24, 2.45) is 10.9 Å². The molecule has 0 radical (unpaired) electrons. The van der Waals surface area contributed by atoms with Crippen molar-refractivity contribution in [1.82, 2.24) is 4.98 Å². The molecule has 24 heavy (non-hydrogen) atoms. The predicted molar refractivity (Wildman–Crippen MR) is 93.0 cm³/mol. The highest BCUT2D eigenvalue weighted by Gasteiger charge is 2.38. The van der Waals surface area contributed by atoms with E-state index in [2.05, 4.69) is 23.8 Å². The van der Waals surface area contributed by atoms with Crippen molar-refractivity contribution < 1.29 is 14.3 Å². The largest absolute Gasteiger partial charge is 0.470 e. The number of nitrogens with zero attached hydrogens (tertiary/aromatic N) is 2. The zero-order chi connectivity index (χ0) is 17.1. The van der Waals surface area contributed by atoms with E-state index in [1.54, 1.807) is 6.92 Å². The highest BCUT2D eigenvalue weighted by Crippen LogP contribution is 2.25. The number of esters is 1. The number of rotatable bonds is 5. The Hall–Kier alpha value is -2.43. The molecule has 5 heteroatoms. The Labute approximate surface area is 141 Å². The fraction of sp³-hybridized carbons (Fsp3) is 0.421. The minimum atomic E-state index is -0.615. The smallest absolute Gasteiger partial charge is 0.334 e. The van der Waals surface area contributed by atoms with Gasteiger partial charge in [-0.15, -0.1) is 0 Å². The van der Waals surface area contributed by atoms with Gasteiger partial charge >= 0.3 is 5.97 Å². The Morgan fingerprint density at radius 2 is 2.04 bits per heavy atom. The summed E-state index contributed by atoms with van der Waals surface area (Å²) in [6.45, 7) is 6.32. The average Bonchev–Trinajstić information content (AvgIpc) is 2.98. The van der Waals surface area contributed by atoms with Crippen molar-refractivity contribution in [2.75, 3.05) is 6.61 Å². The summed E-state index contributed by atoms with van der Waals surface area (Å²) >= 11 is 0. The molecule has 0 fully saturated rings. The first-order chi connectivity index (χ1) is 11.6. The van der Waals surface area contributed by atoms with Gasteiger partial charge in [-0.1, -0.05) is 38.1 Å². The first-order valence-corrected chi connectivity index (χ1v) is 8.35. The summed E-state index contributed by atoms with van der Waals surface area (Å²) in [5.41, 5.74) is 1.52. The number of pyridine rings is 1. The molecule has 0 amide bonds. The molecule has 1 aromatic carbocycles. The third-order valence-corrected chi connectivity index (χ3v) is 3.92. The van der Waals surface area contributed by atoms with Crippen LogP contribution in [-0.2, 0) is 14.3 Å². The first kappa shape index (κ1) is 16.4. The highest BCUT2D eigenvalue weighted by atomic mass is 16.5. The minimum absolute atomic E-state index is 0.299. The minimum Gasteiger partial charge on any atom is -0.470 e. The normalized spacial score (nSPS) is 20.1. The van der Waals surface area contributed by atoms with Crippen LogP contribution in [-0.4, -0.2) is 35.6 Å². The molecule has 0 bridgehead atoms. The summed E-state index contributed by atoms with van der Waals surface area (Å²) in [7, 11) is 0. The van der Waals surface area contributed by atoms with Gasteiger partial charge in [0, 0.05) is 5.39 Å². The van der Waals surface area contributed by atoms with Gasteiger partial charge in [-0.05, 0) is 31.4 Å². The fourth-order valence-corrected chi connectivity index (χ4v) is 2.83. The molecule has 0 saturated carbocycles. The van der Waals surface area contributed by atoms with E-state index in [0.717, 1.165) is 17.3 Å². The van der Waals surface area contributed by atoms with Crippen LogP contribution in [0.1, 0.15) is 32.9 Å². The number of fused-ring (bicyclic) bond motifs is 1. The predicted octanol–water partition coefficient (Wildman–Crippen LogP) is 3.36. The van der Waals surface area contributed by atoms with Crippen LogP contribution in [0.5, 0.6) is 0 Å². The molecule has 1 aliphatic heterocycles. The summed E-state index contributed by atoms with van der Waals surface area (Å²) in [5, 5.41) is 1.06. The lowest BCUT2D eigenvalue weighted by Crippen LogP contribution is -2.33. The van der Waals surface area contributed by atoms with Gasteiger partial charge < -0.3 is 9.47 Å². The number of hydrogen-bond donors (Lipinski definition) is 0. The fourth-order valence-electron chi connectivity index (χ4n) is 2.83. The number of carbonyl (C=O) groups is 1. The number of para-hydroxylation sites is 1. The lowest BCUT2D eigenvalue weighted by molar-refractivity contribution is -0.146. The summed E-state index contributed by atoms with van der Waals surface area (Å²) < 4.78 is 11.1. The van der Waals surface area contributed by atoms with Gasteiger partial charge in [-0.25, -0.2) is 14.8 Å². The van der Waals surface area contributed by atoms with E-state index in [1.807, 2.05) is 36.4 Å². The van der Waals surface area contributed by atoms with E-state index in [9.17, 15) is 4.79 Å². The molecular weight excluding hydrogens is 304 g/mol. The standard InChI is InChI=1S/C19H22N2O3/c1-4-23-19(22)17-16(11-12(2)3)24-18(21-17)15-10-9-13-7-5-6-8-14(13)20-15/h5-10,12,16-17H,4,11H2,1-3H3. The average molecular weight is 326 g/mol. The lowest BCUT2D eigenvalue weighted by Gasteiger charge is -2.18. The van der Waals surface area contributed by atoms with Crippen LogP contribution in [0.4, 0.5) is 0 Å². The summed E-state index contributed by atoms with van der Waals surface area (Å²) in [6, 6.07) is 11.1. The Kier molecular flexibility index (Phi) is 4.79. The third kappa shape index (κ3) is 3.40. The number of aliphatic imine (C=N–C) groups is 1. The zero-order valence-corrected chi connectivity index (χ0v) is 14.2. The van der Waals surface area contributed by atoms with Gasteiger partial charge in [0.1, 0.15) is 11.8 Å². The van der Waals surface area contributed by atoms with Crippen molar-refractivity contribution in [1.29, 1.82) is 0 Å². The summed E-state index contributed by atoms with van der Waals surface area (Å²) in [4.78, 5) is 21.3. The van der Waals surface area contributed by atoms with Crippen LogP contribution in [0.3, 0.4) is 0 Å². The maximum absolute atomic E-state index is 12.2. The van der Waals surface area contributed by atoms with E-state index in [4.69, 9.17) is 9.47 Å². The Balaban J connectivity index is 1.90. The summed E-state index contributed by atoms with van der Waals surface area (Å²) in [5.74, 6) is 0.481. The second-order valence-electron chi connectivity index (χ2n) is 6.31. The van der Waals surface area contributed by atoms with Crippen LogP contribution in [0, 0.1) is 5.92 Å². The van der Waals surface area contributed by atoms with Gasteiger partial charge in [-0.3, -0.25) is 0 Å². The van der Waals surface area contributed by atoms with Crippen LogP contribution in [0.25, 0.3) is 10.9 Å². The number of benzene rings is 1. The first-order valence-electron chi connectivity index (χ1n) is 8.35. The molecule has 126 valence electrons. The maximum Gasteiger partial charge on any atom is 0.334 e. The van der Waals surface area contributed by atoms with Gasteiger partial charge in [-0.2, -0.15) is 0 Å². The molecule has 2 unspecified atom stereocenters. The molecule has 1 aliphatic rings. The van der Waals surface area contributed by atoms with Crippen molar-refractivity contribution in [2.45, 2.75) is 39.3 Å². The SMILES string of the molecule is CCOC(=O)C1N=C(c2ccc3ccccc3n2)OC1CC(C)C. The molecule has 1 aromatic heterocycles. The van der Waals surface area contributed by atoms with E-state index in [0.29, 0.717) is 24.1 Å². The van der Waals surface area contributed by atoms with Crippen molar-refractivity contribution in [3.05, 3.63) is 42.1 Å². The van der Waals surface area contributed by atoms with Gasteiger partial charge in [0.15, 0.2) is 6.04 Å². The van der Waals surface area contributed by atoms with Gasteiger partial charge in [0.2, 0.25) is 5.90 Å². The number of ether oxygens (including phenoxy) is 2. The molecule has 2 atom stereocenters. The van der Waals surface area contributed by atoms with E-state index >= 15 is 0 Å². The highest BCUT2D eigenvalue weighted by molar-refractivity contribution is 5.98. The maximum atomic E-state index is 12.2. The Bertz CT molecular complexity index is 770.